The monoisotopic (exact) mass is 243 g/mol. The van der Waals surface area contributed by atoms with Crippen LogP contribution in [0.3, 0.4) is 0 Å². The fourth-order valence-electron chi connectivity index (χ4n) is 2.31. The van der Waals surface area contributed by atoms with Crippen molar-refractivity contribution in [3.8, 4) is 0 Å². The second kappa shape index (κ2) is 5.31. The van der Waals surface area contributed by atoms with Crippen molar-refractivity contribution in [1.82, 2.24) is 15.5 Å². The summed E-state index contributed by atoms with van der Waals surface area (Å²) >= 11 is 0. The van der Waals surface area contributed by atoms with E-state index >= 15 is 0 Å². The first kappa shape index (κ1) is 11.4. The molecule has 0 spiro atoms. The highest BCUT2D eigenvalue weighted by Gasteiger charge is 2.22. The van der Waals surface area contributed by atoms with Gasteiger partial charge in [-0.15, -0.1) is 0 Å². The van der Waals surface area contributed by atoms with E-state index in [-0.39, 0.29) is 6.04 Å². The molecule has 4 heteroatoms. The van der Waals surface area contributed by atoms with Crippen molar-refractivity contribution in [3.63, 3.8) is 0 Å². The standard InChI is InChI=1S/C14H17N3O/c1-2-5-11(6-3-1)8-9-13-16-14(18-17-13)12-7-4-10-15-12/h1-3,5-6,12,15H,4,7-10H2. The van der Waals surface area contributed by atoms with E-state index in [0.29, 0.717) is 0 Å². The normalized spacial score (nSPS) is 19.2. The molecule has 1 aliphatic rings. The molecule has 1 fully saturated rings. The minimum atomic E-state index is 0.267. The third-order valence-corrected chi connectivity index (χ3v) is 3.32. The van der Waals surface area contributed by atoms with Crippen molar-refractivity contribution in [1.29, 1.82) is 0 Å². The van der Waals surface area contributed by atoms with Crippen molar-refractivity contribution in [2.24, 2.45) is 0 Å². The lowest BCUT2D eigenvalue weighted by atomic mass is 10.1. The number of rotatable bonds is 4. The second-order valence-electron chi connectivity index (χ2n) is 4.68. The highest BCUT2D eigenvalue weighted by atomic mass is 16.5. The molecule has 1 saturated heterocycles. The van der Waals surface area contributed by atoms with E-state index in [1.165, 1.54) is 12.0 Å². The number of benzene rings is 1. The van der Waals surface area contributed by atoms with Crippen LogP contribution in [0.25, 0.3) is 0 Å². The van der Waals surface area contributed by atoms with Gasteiger partial charge < -0.3 is 9.84 Å². The van der Waals surface area contributed by atoms with Crippen molar-refractivity contribution < 1.29 is 4.52 Å². The van der Waals surface area contributed by atoms with Gasteiger partial charge in [-0.3, -0.25) is 0 Å². The molecule has 4 nitrogen and oxygen atoms in total. The summed E-state index contributed by atoms with van der Waals surface area (Å²) in [6, 6.07) is 10.7. The number of nitrogens with zero attached hydrogens (tertiary/aromatic N) is 2. The summed E-state index contributed by atoms with van der Waals surface area (Å²) in [6.07, 6.45) is 4.07. The van der Waals surface area contributed by atoms with E-state index in [4.69, 9.17) is 4.52 Å². The van der Waals surface area contributed by atoms with E-state index in [0.717, 1.165) is 37.5 Å². The first-order chi connectivity index (χ1) is 8.92. The number of aryl methyl sites for hydroxylation is 2. The van der Waals surface area contributed by atoms with E-state index in [9.17, 15) is 0 Å². The van der Waals surface area contributed by atoms with Gasteiger partial charge in [-0.25, -0.2) is 0 Å². The number of hydrogen-bond acceptors (Lipinski definition) is 4. The quantitative estimate of drug-likeness (QED) is 0.895. The molecule has 0 radical (unpaired) electrons. The fraction of sp³-hybridized carbons (Fsp3) is 0.429. The lowest BCUT2D eigenvalue weighted by Crippen LogP contribution is -2.13. The van der Waals surface area contributed by atoms with Gasteiger partial charge in [0.1, 0.15) is 0 Å². The number of nitrogens with one attached hydrogen (secondary N) is 1. The van der Waals surface area contributed by atoms with Gasteiger partial charge in [-0.2, -0.15) is 4.98 Å². The summed E-state index contributed by atoms with van der Waals surface area (Å²) in [6.45, 7) is 1.05. The van der Waals surface area contributed by atoms with Crippen LogP contribution in [0.15, 0.2) is 34.9 Å². The van der Waals surface area contributed by atoms with Crippen molar-refractivity contribution in [2.45, 2.75) is 31.7 Å². The number of aromatic nitrogens is 2. The van der Waals surface area contributed by atoms with Crippen LogP contribution in [0.2, 0.25) is 0 Å². The Hall–Kier alpha value is -1.68. The van der Waals surface area contributed by atoms with Crippen LogP contribution in [0.4, 0.5) is 0 Å². The molecule has 1 aliphatic heterocycles. The van der Waals surface area contributed by atoms with Gasteiger partial charge in [0.2, 0.25) is 5.89 Å². The van der Waals surface area contributed by atoms with Gasteiger partial charge in [0.25, 0.3) is 0 Å². The van der Waals surface area contributed by atoms with Gasteiger partial charge in [0.05, 0.1) is 6.04 Å². The Labute approximate surface area is 106 Å². The largest absolute Gasteiger partial charge is 0.338 e. The van der Waals surface area contributed by atoms with Crippen LogP contribution in [0.5, 0.6) is 0 Å². The summed E-state index contributed by atoms with van der Waals surface area (Å²) in [7, 11) is 0. The van der Waals surface area contributed by atoms with E-state index in [1.807, 2.05) is 6.07 Å². The Morgan fingerprint density at radius 1 is 1.22 bits per heavy atom. The van der Waals surface area contributed by atoms with Gasteiger partial charge in [-0.1, -0.05) is 35.5 Å². The van der Waals surface area contributed by atoms with Crippen molar-refractivity contribution in [3.05, 3.63) is 47.6 Å². The van der Waals surface area contributed by atoms with Crippen molar-refractivity contribution >= 4 is 0 Å². The summed E-state index contributed by atoms with van der Waals surface area (Å²) in [4.78, 5) is 4.47. The Morgan fingerprint density at radius 3 is 2.89 bits per heavy atom. The van der Waals surface area contributed by atoms with Gasteiger partial charge in [0.15, 0.2) is 5.82 Å². The molecule has 0 bridgehead atoms. The van der Waals surface area contributed by atoms with Crippen LogP contribution in [0.1, 0.15) is 36.2 Å². The highest BCUT2D eigenvalue weighted by molar-refractivity contribution is 5.15. The van der Waals surface area contributed by atoms with Gasteiger partial charge in [-0.05, 0) is 31.4 Å². The zero-order valence-corrected chi connectivity index (χ0v) is 10.3. The van der Waals surface area contributed by atoms with Crippen LogP contribution in [-0.2, 0) is 12.8 Å². The van der Waals surface area contributed by atoms with E-state index < -0.39 is 0 Å². The molecule has 2 heterocycles. The maximum absolute atomic E-state index is 5.31. The van der Waals surface area contributed by atoms with Gasteiger partial charge >= 0.3 is 0 Å². The molecule has 1 N–H and O–H groups in total. The SMILES string of the molecule is c1ccc(CCc2noc(C3CCCN3)n2)cc1. The Kier molecular flexibility index (Phi) is 3.37. The minimum absolute atomic E-state index is 0.267. The van der Waals surface area contributed by atoms with Crippen LogP contribution < -0.4 is 5.32 Å². The average Bonchev–Trinajstić information content (AvgIpc) is 3.08. The topological polar surface area (TPSA) is 51.0 Å². The Morgan fingerprint density at radius 2 is 2.11 bits per heavy atom. The predicted octanol–water partition coefficient (Wildman–Crippen LogP) is 2.28. The predicted molar refractivity (Wildman–Crippen MR) is 68.1 cm³/mol. The molecular formula is C14H17N3O. The zero-order valence-electron chi connectivity index (χ0n) is 10.3. The molecule has 0 amide bonds. The maximum Gasteiger partial charge on any atom is 0.243 e. The molecule has 1 aromatic heterocycles. The number of hydrogen-bond donors (Lipinski definition) is 1. The highest BCUT2D eigenvalue weighted by Crippen LogP contribution is 2.21. The molecule has 3 rings (SSSR count). The third-order valence-electron chi connectivity index (χ3n) is 3.32. The van der Waals surface area contributed by atoms with Crippen molar-refractivity contribution in [2.75, 3.05) is 6.54 Å². The van der Waals surface area contributed by atoms with Crippen LogP contribution >= 0.6 is 0 Å². The van der Waals surface area contributed by atoms with Crippen LogP contribution in [-0.4, -0.2) is 16.7 Å². The molecule has 18 heavy (non-hydrogen) atoms. The third kappa shape index (κ3) is 2.59. The van der Waals surface area contributed by atoms with Crippen LogP contribution in [0, 0.1) is 0 Å². The molecular weight excluding hydrogens is 226 g/mol. The molecule has 1 atom stereocenters. The minimum Gasteiger partial charge on any atom is -0.338 e. The molecule has 0 saturated carbocycles. The summed E-state index contributed by atoms with van der Waals surface area (Å²) in [5, 5.41) is 7.41. The smallest absolute Gasteiger partial charge is 0.243 e. The molecule has 94 valence electrons. The first-order valence-electron chi connectivity index (χ1n) is 6.51. The van der Waals surface area contributed by atoms with E-state index in [1.54, 1.807) is 0 Å². The summed E-state index contributed by atoms with van der Waals surface area (Å²) in [5.74, 6) is 1.55. The van der Waals surface area contributed by atoms with E-state index in [2.05, 4.69) is 39.7 Å². The summed E-state index contributed by atoms with van der Waals surface area (Å²) < 4.78 is 5.31. The first-order valence-corrected chi connectivity index (χ1v) is 6.51. The Bertz CT molecular complexity index is 489. The average molecular weight is 243 g/mol. The molecule has 1 aromatic carbocycles. The molecule has 0 aliphatic carbocycles. The summed E-state index contributed by atoms with van der Waals surface area (Å²) in [5.41, 5.74) is 1.31. The van der Waals surface area contributed by atoms with Gasteiger partial charge in [0, 0.05) is 6.42 Å². The lowest BCUT2D eigenvalue weighted by molar-refractivity contribution is 0.341. The maximum atomic E-state index is 5.31. The molecule has 1 unspecified atom stereocenters. The lowest BCUT2D eigenvalue weighted by Gasteiger charge is -2.01. The Balaban J connectivity index is 1.60. The molecule has 2 aromatic rings. The fourth-order valence-corrected chi connectivity index (χ4v) is 2.31. The second-order valence-corrected chi connectivity index (χ2v) is 4.68. The zero-order chi connectivity index (χ0) is 12.2.